The van der Waals surface area contributed by atoms with Gasteiger partial charge in [-0.2, -0.15) is 0 Å². The van der Waals surface area contributed by atoms with E-state index in [1.807, 2.05) is 0 Å². The molecule has 1 amide bonds. The van der Waals surface area contributed by atoms with Crippen molar-refractivity contribution in [2.45, 2.75) is 26.2 Å². The number of carbonyl (C=O) groups excluding carboxylic acids is 1. The minimum absolute atomic E-state index is 0.0211. The first-order valence-corrected chi connectivity index (χ1v) is 7.23. The average Bonchev–Trinajstić information content (AvgIpc) is 2.98. The van der Waals surface area contributed by atoms with E-state index in [0.29, 0.717) is 24.1 Å². The summed E-state index contributed by atoms with van der Waals surface area (Å²) >= 11 is 0. The lowest BCUT2D eigenvalue weighted by atomic mass is 9.81. The number of fused-ring (bicyclic) bond motifs is 1. The zero-order valence-electron chi connectivity index (χ0n) is 11.9. The minimum Gasteiger partial charge on any atom is -0.481 e. The van der Waals surface area contributed by atoms with Crippen LogP contribution in [0.3, 0.4) is 0 Å². The summed E-state index contributed by atoms with van der Waals surface area (Å²) in [7, 11) is 0. The fourth-order valence-electron chi connectivity index (χ4n) is 3.79. The van der Waals surface area contributed by atoms with Gasteiger partial charge in [0.2, 0.25) is 0 Å². The lowest BCUT2D eigenvalue weighted by Gasteiger charge is -2.23. The second-order valence-electron chi connectivity index (χ2n) is 6.20. The van der Waals surface area contributed by atoms with E-state index >= 15 is 0 Å². The van der Waals surface area contributed by atoms with Crippen molar-refractivity contribution in [3.05, 3.63) is 35.1 Å². The molecule has 1 aliphatic heterocycles. The number of carbonyl (C=O) groups is 2. The Morgan fingerprint density at radius 2 is 2.19 bits per heavy atom. The summed E-state index contributed by atoms with van der Waals surface area (Å²) in [4.78, 5) is 25.8. The number of nitrogens with zero attached hydrogens (tertiary/aromatic N) is 1. The molecule has 3 rings (SSSR count). The molecular formula is C16H18FNO3. The van der Waals surface area contributed by atoms with Crippen LogP contribution in [0.2, 0.25) is 0 Å². The quantitative estimate of drug-likeness (QED) is 0.910. The first kappa shape index (κ1) is 14.0. The van der Waals surface area contributed by atoms with Crippen molar-refractivity contribution < 1.29 is 19.1 Å². The highest BCUT2D eigenvalue weighted by Crippen LogP contribution is 2.49. The van der Waals surface area contributed by atoms with Crippen LogP contribution in [0.1, 0.15) is 35.2 Å². The Morgan fingerprint density at radius 1 is 1.43 bits per heavy atom. The molecule has 1 saturated carbocycles. The van der Waals surface area contributed by atoms with E-state index in [0.717, 1.165) is 12.8 Å². The second-order valence-corrected chi connectivity index (χ2v) is 6.20. The van der Waals surface area contributed by atoms with Gasteiger partial charge >= 0.3 is 5.97 Å². The Bertz CT molecular complexity index is 616. The first-order valence-electron chi connectivity index (χ1n) is 7.23. The molecule has 1 aliphatic carbocycles. The molecule has 5 heteroatoms. The van der Waals surface area contributed by atoms with Gasteiger partial charge < -0.3 is 10.0 Å². The van der Waals surface area contributed by atoms with Gasteiger partial charge in [0.1, 0.15) is 5.82 Å². The Hall–Kier alpha value is -1.91. The van der Waals surface area contributed by atoms with E-state index in [2.05, 4.69) is 0 Å². The Balaban J connectivity index is 1.88. The number of benzene rings is 1. The van der Waals surface area contributed by atoms with Gasteiger partial charge in [-0.05, 0) is 43.4 Å². The highest BCUT2D eigenvalue weighted by molar-refractivity contribution is 5.96. The molecule has 1 N–H and O–H groups in total. The van der Waals surface area contributed by atoms with Crippen molar-refractivity contribution in [3.63, 3.8) is 0 Å². The fourth-order valence-corrected chi connectivity index (χ4v) is 3.79. The molecule has 1 heterocycles. The maximum atomic E-state index is 13.4. The van der Waals surface area contributed by atoms with Crippen molar-refractivity contribution in [1.29, 1.82) is 0 Å². The summed E-state index contributed by atoms with van der Waals surface area (Å²) in [5.41, 5.74) is 0.245. The number of aliphatic carboxylic acids is 1. The number of hydrogen-bond donors (Lipinski definition) is 1. The summed E-state index contributed by atoms with van der Waals surface area (Å²) in [6.45, 7) is 2.46. The van der Waals surface area contributed by atoms with Gasteiger partial charge in [-0.1, -0.05) is 12.5 Å². The maximum Gasteiger partial charge on any atom is 0.311 e. The SMILES string of the molecule is Cc1ccc(F)cc1C(=O)N1C[C@@H]2CCC[C@@]2(C(=O)O)C1. The van der Waals surface area contributed by atoms with Crippen molar-refractivity contribution >= 4 is 11.9 Å². The van der Waals surface area contributed by atoms with Crippen LogP contribution >= 0.6 is 0 Å². The highest BCUT2D eigenvalue weighted by Gasteiger charge is 2.55. The Morgan fingerprint density at radius 3 is 2.86 bits per heavy atom. The molecule has 112 valence electrons. The van der Waals surface area contributed by atoms with Crippen LogP contribution in [0.15, 0.2) is 18.2 Å². The van der Waals surface area contributed by atoms with Crippen molar-refractivity contribution in [1.82, 2.24) is 4.90 Å². The molecule has 1 aromatic carbocycles. The summed E-state index contributed by atoms with van der Waals surface area (Å²) in [5, 5.41) is 9.55. The summed E-state index contributed by atoms with van der Waals surface area (Å²) in [6, 6.07) is 4.13. The molecule has 21 heavy (non-hydrogen) atoms. The van der Waals surface area contributed by atoms with Gasteiger partial charge in [0, 0.05) is 18.7 Å². The van der Waals surface area contributed by atoms with E-state index in [9.17, 15) is 19.1 Å². The molecule has 1 aromatic rings. The molecular weight excluding hydrogens is 273 g/mol. The number of halogens is 1. The van der Waals surface area contributed by atoms with Crippen LogP contribution in [-0.2, 0) is 4.79 Å². The molecule has 2 atom stereocenters. The van der Waals surface area contributed by atoms with Crippen LogP contribution in [0, 0.1) is 24.1 Å². The summed E-state index contributed by atoms with van der Waals surface area (Å²) in [6.07, 6.45) is 2.37. The van der Waals surface area contributed by atoms with Crippen LogP contribution in [-0.4, -0.2) is 35.0 Å². The largest absolute Gasteiger partial charge is 0.481 e. The number of likely N-dealkylation sites (tertiary alicyclic amines) is 1. The highest BCUT2D eigenvalue weighted by atomic mass is 19.1. The molecule has 0 unspecified atom stereocenters. The van der Waals surface area contributed by atoms with Crippen LogP contribution in [0.5, 0.6) is 0 Å². The predicted octanol–water partition coefficient (Wildman–Crippen LogP) is 2.46. The monoisotopic (exact) mass is 291 g/mol. The minimum atomic E-state index is -0.809. The normalized spacial score (nSPS) is 27.7. The number of carboxylic acids is 1. The van der Waals surface area contributed by atoms with Crippen LogP contribution < -0.4 is 0 Å². The zero-order valence-corrected chi connectivity index (χ0v) is 11.9. The van der Waals surface area contributed by atoms with Gasteiger partial charge in [0.15, 0.2) is 0 Å². The zero-order chi connectivity index (χ0) is 15.2. The lowest BCUT2D eigenvalue weighted by molar-refractivity contribution is -0.149. The van der Waals surface area contributed by atoms with Crippen LogP contribution in [0.25, 0.3) is 0 Å². The molecule has 1 saturated heterocycles. The fraction of sp³-hybridized carbons (Fsp3) is 0.500. The predicted molar refractivity (Wildman–Crippen MR) is 74.5 cm³/mol. The van der Waals surface area contributed by atoms with Gasteiger partial charge in [-0.3, -0.25) is 9.59 Å². The number of rotatable bonds is 2. The third-order valence-electron chi connectivity index (χ3n) is 5.01. The standard InChI is InChI=1S/C16H18FNO3/c1-10-4-5-12(17)7-13(10)14(19)18-8-11-3-2-6-16(11,9-18)15(20)21/h4-5,7,11H,2-3,6,8-9H2,1H3,(H,20,21)/t11-,16+/m0/s1. The Kier molecular flexibility index (Phi) is 3.23. The van der Waals surface area contributed by atoms with Crippen molar-refractivity contribution in [2.75, 3.05) is 13.1 Å². The molecule has 0 radical (unpaired) electrons. The molecule has 2 aliphatic rings. The molecule has 0 spiro atoms. The van der Waals surface area contributed by atoms with E-state index in [-0.39, 0.29) is 18.4 Å². The van der Waals surface area contributed by atoms with Crippen molar-refractivity contribution in [3.8, 4) is 0 Å². The number of aryl methyl sites for hydroxylation is 1. The second kappa shape index (κ2) is 4.83. The van der Waals surface area contributed by atoms with Gasteiger partial charge in [-0.15, -0.1) is 0 Å². The third-order valence-corrected chi connectivity index (χ3v) is 5.01. The number of hydrogen-bond acceptors (Lipinski definition) is 2. The van der Waals surface area contributed by atoms with Gasteiger partial charge in [-0.25, -0.2) is 4.39 Å². The van der Waals surface area contributed by atoms with E-state index in [1.165, 1.54) is 12.1 Å². The molecule has 2 fully saturated rings. The van der Waals surface area contributed by atoms with Crippen molar-refractivity contribution in [2.24, 2.45) is 11.3 Å². The number of amides is 1. The third kappa shape index (κ3) is 2.11. The van der Waals surface area contributed by atoms with Gasteiger partial charge in [0.05, 0.1) is 5.41 Å². The first-order chi connectivity index (χ1) is 9.94. The van der Waals surface area contributed by atoms with E-state index in [1.54, 1.807) is 17.9 Å². The summed E-state index contributed by atoms with van der Waals surface area (Å²) in [5.74, 6) is -1.50. The smallest absolute Gasteiger partial charge is 0.311 e. The molecule has 4 nitrogen and oxygen atoms in total. The molecule has 0 bridgehead atoms. The van der Waals surface area contributed by atoms with Crippen LogP contribution in [0.4, 0.5) is 4.39 Å². The summed E-state index contributed by atoms with van der Waals surface area (Å²) < 4.78 is 13.4. The average molecular weight is 291 g/mol. The maximum absolute atomic E-state index is 13.4. The van der Waals surface area contributed by atoms with E-state index in [4.69, 9.17) is 0 Å². The topological polar surface area (TPSA) is 57.6 Å². The molecule has 0 aromatic heterocycles. The number of carboxylic acid groups (broad SMARTS) is 1. The Labute approximate surface area is 122 Å². The lowest BCUT2D eigenvalue weighted by Crippen LogP contribution is -2.37. The van der Waals surface area contributed by atoms with Gasteiger partial charge in [0.25, 0.3) is 5.91 Å². The van der Waals surface area contributed by atoms with E-state index < -0.39 is 17.2 Å².